The zero-order valence-electron chi connectivity index (χ0n) is 17.1. The molecule has 6 heteroatoms. The molecule has 7 rings (SSSR count). The minimum absolute atomic E-state index is 0.0662. The zero-order chi connectivity index (χ0) is 20.1. The molecule has 2 aromatic heterocycles. The SMILES string of the molecule is O=C(N[C@@H]1CN2CCC1CC2)N1CCc2ccccc2[C@@H]1c1ccn2ccnc2c1. The molecule has 3 aromatic rings. The minimum atomic E-state index is -0.0854. The number of rotatable bonds is 2. The highest BCUT2D eigenvalue weighted by Crippen LogP contribution is 2.36. The number of fused-ring (bicyclic) bond motifs is 5. The van der Waals surface area contributed by atoms with E-state index in [4.69, 9.17) is 0 Å². The lowest BCUT2D eigenvalue weighted by Gasteiger charge is -2.46. The first-order valence-electron chi connectivity index (χ1n) is 11.1. The van der Waals surface area contributed by atoms with Gasteiger partial charge in [-0.3, -0.25) is 0 Å². The number of amides is 2. The molecule has 0 radical (unpaired) electrons. The molecule has 30 heavy (non-hydrogen) atoms. The lowest BCUT2D eigenvalue weighted by molar-refractivity contribution is 0.0715. The fraction of sp³-hybridized carbons (Fsp3) is 0.417. The fourth-order valence-corrected chi connectivity index (χ4v) is 5.61. The normalized spacial score (nSPS) is 27.8. The molecule has 0 unspecified atom stereocenters. The predicted molar refractivity (Wildman–Crippen MR) is 115 cm³/mol. The summed E-state index contributed by atoms with van der Waals surface area (Å²) in [5.74, 6) is 0.621. The number of hydrogen-bond donors (Lipinski definition) is 1. The van der Waals surface area contributed by atoms with Gasteiger partial charge in [-0.05, 0) is 67.1 Å². The molecule has 0 spiro atoms. The molecule has 3 fully saturated rings. The van der Waals surface area contributed by atoms with E-state index in [1.54, 1.807) is 0 Å². The van der Waals surface area contributed by atoms with Crippen LogP contribution in [0.2, 0.25) is 0 Å². The third-order valence-electron chi connectivity index (χ3n) is 7.25. The Hall–Kier alpha value is -2.86. The molecule has 6 nitrogen and oxygen atoms in total. The molecular formula is C24H27N5O. The number of benzene rings is 1. The second kappa shape index (κ2) is 7.13. The standard InChI is InChI=1S/C24H27N5O/c30-24(26-21-16-27-10-5-18(21)6-11-27)29-13-8-17-3-1-2-4-20(17)23(29)19-7-12-28-14-9-25-22(28)15-19/h1-4,7,9,12,14-15,18,21,23H,5-6,8,10-11,13,16H2,(H,26,30)/t21-,23+/m1/s1. The third-order valence-corrected chi connectivity index (χ3v) is 7.25. The summed E-state index contributed by atoms with van der Waals surface area (Å²) >= 11 is 0. The minimum Gasteiger partial charge on any atom is -0.334 e. The van der Waals surface area contributed by atoms with Crippen LogP contribution in [-0.4, -0.2) is 57.4 Å². The first-order chi connectivity index (χ1) is 14.8. The molecule has 1 N–H and O–H groups in total. The zero-order valence-corrected chi connectivity index (χ0v) is 17.1. The van der Waals surface area contributed by atoms with Crippen LogP contribution >= 0.6 is 0 Å². The summed E-state index contributed by atoms with van der Waals surface area (Å²) in [5.41, 5.74) is 4.58. The number of urea groups is 1. The smallest absolute Gasteiger partial charge is 0.318 e. The van der Waals surface area contributed by atoms with Crippen LogP contribution in [0.1, 0.15) is 35.6 Å². The van der Waals surface area contributed by atoms with E-state index in [1.165, 1.54) is 37.1 Å². The molecule has 154 valence electrons. The van der Waals surface area contributed by atoms with Crippen molar-refractivity contribution in [3.05, 3.63) is 71.7 Å². The van der Waals surface area contributed by atoms with Crippen LogP contribution in [-0.2, 0) is 6.42 Å². The Morgan fingerprint density at radius 2 is 1.93 bits per heavy atom. The van der Waals surface area contributed by atoms with E-state index in [2.05, 4.69) is 51.6 Å². The van der Waals surface area contributed by atoms with Gasteiger partial charge in [0.25, 0.3) is 0 Å². The lowest BCUT2D eigenvalue weighted by Crippen LogP contribution is -2.59. The Kier molecular flexibility index (Phi) is 4.27. The van der Waals surface area contributed by atoms with Crippen molar-refractivity contribution in [3.8, 4) is 0 Å². The number of nitrogens with zero attached hydrogens (tertiary/aromatic N) is 4. The van der Waals surface area contributed by atoms with Crippen molar-refractivity contribution in [2.45, 2.75) is 31.3 Å². The van der Waals surface area contributed by atoms with E-state index in [-0.39, 0.29) is 18.1 Å². The van der Waals surface area contributed by atoms with Gasteiger partial charge >= 0.3 is 6.03 Å². The van der Waals surface area contributed by atoms with Crippen LogP contribution in [0.25, 0.3) is 5.65 Å². The van der Waals surface area contributed by atoms with Crippen LogP contribution in [0.4, 0.5) is 4.79 Å². The number of nitrogens with one attached hydrogen (secondary N) is 1. The Labute approximate surface area is 176 Å². The van der Waals surface area contributed by atoms with E-state index in [1.807, 2.05) is 27.9 Å². The number of carbonyl (C=O) groups is 1. The van der Waals surface area contributed by atoms with Gasteiger partial charge in [0.2, 0.25) is 0 Å². The van der Waals surface area contributed by atoms with E-state index >= 15 is 0 Å². The predicted octanol–water partition coefficient (Wildman–Crippen LogP) is 3.09. The van der Waals surface area contributed by atoms with Crippen molar-refractivity contribution in [2.75, 3.05) is 26.2 Å². The summed E-state index contributed by atoms with van der Waals surface area (Å²) in [6.07, 6.45) is 9.10. The van der Waals surface area contributed by atoms with Crippen molar-refractivity contribution < 1.29 is 4.79 Å². The Morgan fingerprint density at radius 1 is 1.07 bits per heavy atom. The average molecular weight is 402 g/mol. The molecule has 0 aliphatic carbocycles. The fourth-order valence-electron chi connectivity index (χ4n) is 5.61. The van der Waals surface area contributed by atoms with Crippen LogP contribution in [0.5, 0.6) is 0 Å². The second-order valence-electron chi connectivity index (χ2n) is 8.89. The van der Waals surface area contributed by atoms with Gasteiger partial charge in [-0.2, -0.15) is 0 Å². The van der Waals surface area contributed by atoms with Crippen LogP contribution in [0.15, 0.2) is 55.0 Å². The quantitative estimate of drug-likeness (QED) is 0.718. The maximum absolute atomic E-state index is 13.5. The maximum Gasteiger partial charge on any atom is 0.318 e. The van der Waals surface area contributed by atoms with Gasteiger partial charge < -0.3 is 19.5 Å². The van der Waals surface area contributed by atoms with E-state index in [0.29, 0.717) is 5.92 Å². The summed E-state index contributed by atoms with van der Waals surface area (Å²) in [7, 11) is 0. The molecule has 3 saturated heterocycles. The number of piperidine rings is 3. The van der Waals surface area contributed by atoms with Gasteiger partial charge in [0.05, 0.1) is 6.04 Å². The molecule has 1 aromatic carbocycles. The molecule has 0 saturated carbocycles. The van der Waals surface area contributed by atoms with Gasteiger partial charge in [0.1, 0.15) is 5.65 Å². The summed E-state index contributed by atoms with van der Waals surface area (Å²) in [6, 6.07) is 13.0. The van der Waals surface area contributed by atoms with Crippen molar-refractivity contribution in [1.29, 1.82) is 0 Å². The van der Waals surface area contributed by atoms with Gasteiger partial charge in [0.15, 0.2) is 0 Å². The molecule has 4 aliphatic rings. The highest BCUT2D eigenvalue weighted by atomic mass is 16.2. The van der Waals surface area contributed by atoms with Gasteiger partial charge in [-0.15, -0.1) is 0 Å². The highest BCUT2D eigenvalue weighted by molar-refractivity contribution is 5.76. The summed E-state index contributed by atoms with van der Waals surface area (Å²) < 4.78 is 2.01. The highest BCUT2D eigenvalue weighted by Gasteiger charge is 2.38. The molecule has 4 aliphatic heterocycles. The second-order valence-corrected chi connectivity index (χ2v) is 8.89. The van der Waals surface area contributed by atoms with E-state index in [9.17, 15) is 4.79 Å². The summed E-state index contributed by atoms with van der Waals surface area (Å²) in [6.45, 7) is 4.09. The maximum atomic E-state index is 13.5. The van der Waals surface area contributed by atoms with E-state index in [0.717, 1.165) is 30.7 Å². The molecule has 2 bridgehead atoms. The monoisotopic (exact) mass is 401 g/mol. The topological polar surface area (TPSA) is 52.9 Å². The molecule has 6 heterocycles. The van der Waals surface area contributed by atoms with Gasteiger partial charge in [-0.25, -0.2) is 9.78 Å². The first kappa shape index (κ1) is 18.0. The van der Waals surface area contributed by atoms with Crippen LogP contribution in [0, 0.1) is 5.92 Å². The van der Waals surface area contributed by atoms with Gasteiger partial charge in [0, 0.05) is 37.7 Å². The van der Waals surface area contributed by atoms with Crippen molar-refractivity contribution in [3.63, 3.8) is 0 Å². The van der Waals surface area contributed by atoms with Crippen molar-refractivity contribution in [2.24, 2.45) is 5.92 Å². The number of aromatic nitrogens is 2. The molecular weight excluding hydrogens is 374 g/mol. The average Bonchev–Trinajstić information content (AvgIpc) is 3.27. The van der Waals surface area contributed by atoms with Crippen molar-refractivity contribution in [1.82, 2.24) is 24.5 Å². The Balaban J connectivity index is 1.34. The van der Waals surface area contributed by atoms with Crippen LogP contribution in [0.3, 0.4) is 0 Å². The summed E-state index contributed by atoms with van der Waals surface area (Å²) in [4.78, 5) is 22.5. The number of carbonyl (C=O) groups excluding carboxylic acids is 1. The largest absolute Gasteiger partial charge is 0.334 e. The van der Waals surface area contributed by atoms with Crippen molar-refractivity contribution >= 4 is 11.7 Å². The Bertz CT molecular complexity index is 1080. The number of imidazole rings is 1. The Morgan fingerprint density at radius 3 is 2.77 bits per heavy atom. The lowest BCUT2D eigenvalue weighted by atomic mass is 9.84. The van der Waals surface area contributed by atoms with Gasteiger partial charge in [-0.1, -0.05) is 24.3 Å². The number of pyridine rings is 1. The molecule has 2 atom stereocenters. The first-order valence-corrected chi connectivity index (χ1v) is 11.1. The molecule has 2 amide bonds. The van der Waals surface area contributed by atoms with E-state index < -0.39 is 0 Å². The van der Waals surface area contributed by atoms with Crippen LogP contribution < -0.4 is 5.32 Å². The number of hydrogen-bond acceptors (Lipinski definition) is 3. The third kappa shape index (κ3) is 2.98. The summed E-state index contributed by atoms with van der Waals surface area (Å²) in [5, 5.41) is 3.41.